The van der Waals surface area contributed by atoms with E-state index in [2.05, 4.69) is 0 Å². The largest absolute Gasteiger partial charge is 0.460 e. The highest BCUT2D eigenvalue weighted by atomic mass is 19.4. The molecule has 0 amide bonds. The smallest absolute Gasteiger partial charge is 0.451 e. The van der Waals surface area contributed by atoms with Gasteiger partial charge in [-0.15, -0.1) is 0 Å². The molecule has 2 atom stereocenters. The van der Waals surface area contributed by atoms with Crippen LogP contribution in [0.1, 0.15) is 28.4 Å². The van der Waals surface area contributed by atoms with Gasteiger partial charge in [-0.05, 0) is 24.1 Å². The minimum Gasteiger partial charge on any atom is -0.451 e. The van der Waals surface area contributed by atoms with Crippen LogP contribution >= 0.6 is 0 Å². The molecule has 4 rings (SSSR count). The molecule has 0 radical (unpaired) electrons. The molecular formula is C24H19F3O2. The van der Waals surface area contributed by atoms with E-state index in [1.807, 2.05) is 25.1 Å². The summed E-state index contributed by atoms with van der Waals surface area (Å²) in [6, 6.07) is 23.9. The predicted octanol–water partition coefficient (Wildman–Crippen LogP) is 6.54. The number of rotatable bonds is 3. The van der Waals surface area contributed by atoms with E-state index in [9.17, 15) is 13.2 Å². The molecule has 3 aromatic rings. The summed E-state index contributed by atoms with van der Waals surface area (Å²) in [6.45, 7) is 1.81. The monoisotopic (exact) mass is 396 g/mol. The Morgan fingerprint density at radius 2 is 1.41 bits per heavy atom. The molecule has 1 fully saturated rings. The van der Waals surface area contributed by atoms with Gasteiger partial charge in [0.15, 0.2) is 0 Å². The van der Waals surface area contributed by atoms with Gasteiger partial charge in [0.25, 0.3) is 0 Å². The highest BCUT2D eigenvalue weighted by molar-refractivity contribution is 5.54. The van der Waals surface area contributed by atoms with Crippen molar-refractivity contribution in [3.05, 3.63) is 113 Å². The molecule has 1 heterocycles. The molecule has 0 saturated carbocycles. The van der Waals surface area contributed by atoms with Crippen LogP contribution < -0.4 is 0 Å². The topological polar surface area (TPSA) is 18.5 Å². The minimum absolute atomic E-state index is 0.0898. The van der Waals surface area contributed by atoms with Crippen LogP contribution in [0.2, 0.25) is 0 Å². The third-order valence-corrected chi connectivity index (χ3v) is 4.82. The molecule has 0 bridgehead atoms. The van der Waals surface area contributed by atoms with Crippen LogP contribution in [0.5, 0.6) is 0 Å². The lowest BCUT2D eigenvalue weighted by Gasteiger charge is -2.30. The zero-order valence-electron chi connectivity index (χ0n) is 15.7. The number of benzene rings is 3. The van der Waals surface area contributed by atoms with E-state index in [1.54, 1.807) is 60.7 Å². The molecule has 0 N–H and O–H groups in total. The van der Waals surface area contributed by atoms with Gasteiger partial charge >= 0.3 is 12.0 Å². The van der Waals surface area contributed by atoms with Crippen LogP contribution in [0.4, 0.5) is 13.2 Å². The molecule has 0 spiro atoms. The first-order valence-corrected chi connectivity index (χ1v) is 9.21. The van der Waals surface area contributed by atoms with Gasteiger partial charge in [-0.25, -0.2) is 0 Å². The molecule has 148 valence electrons. The van der Waals surface area contributed by atoms with E-state index in [4.69, 9.17) is 9.47 Å². The fourth-order valence-electron chi connectivity index (χ4n) is 3.33. The Kier molecular flexibility index (Phi) is 4.92. The maximum atomic E-state index is 14.3. The van der Waals surface area contributed by atoms with E-state index < -0.39 is 18.1 Å². The molecule has 29 heavy (non-hydrogen) atoms. The van der Waals surface area contributed by atoms with Gasteiger partial charge in [0, 0.05) is 5.56 Å². The van der Waals surface area contributed by atoms with E-state index in [0.29, 0.717) is 5.56 Å². The molecule has 5 heteroatoms. The second-order valence-corrected chi connectivity index (χ2v) is 6.95. The molecule has 1 aliphatic rings. The number of hydrogen-bond donors (Lipinski definition) is 0. The molecular weight excluding hydrogens is 377 g/mol. The molecule has 3 aromatic carbocycles. The lowest BCUT2D eigenvalue weighted by molar-refractivity contribution is -0.354. The third-order valence-electron chi connectivity index (χ3n) is 4.82. The van der Waals surface area contributed by atoms with Gasteiger partial charge in [-0.3, -0.25) is 0 Å². The normalized spacial score (nSPS) is 23.2. The molecule has 1 saturated heterocycles. The van der Waals surface area contributed by atoms with Gasteiger partial charge in [0.2, 0.25) is 0 Å². The summed E-state index contributed by atoms with van der Waals surface area (Å²) in [5, 5.41) is 0. The Labute approximate surface area is 167 Å². The van der Waals surface area contributed by atoms with E-state index in [0.717, 1.165) is 11.1 Å². The van der Waals surface area contributed by atoms with Crippen molar-refractivity contribution in [3.63, 3.8) is 0 Å². The van der Waals surface area contributed by atoms with Gasteiger partial charge in [0.1, 0.15) is 11.9 Å². The van der Waals surface area contributed by atoms with E-state index in [-0.39, 0.29) is 11.3 Å². The number of hydrogen-bond acceptors (Lipinski definition) is 2. The van der Waals surface area contributed by atoms with Gasteiger partial charge in [0.05, 0.1) is 0 Å². The lowest BCUT2D eigenvalue weighted by atomic mass is 10.0. The van der Waals surface area contributed by atoms with Crippen LogP contribution in [0.3, 0.4) is 0 Å². The lowest BCUT2D eigenvalue weighted by Crippen LogP contribution is -2.43. The van der Waals surface area contributed by atoms with Crippen molar-refractivity contribution in [3.8, 4) is 0 Å². The van der Waals surface area contributed by atoms with Crippen molar-refractivity contribution in [1.82, 2.24) is 0 Å². The Morgan fingerprint density at radius 3 is 2.00 bits per heavy atom. The van der Waals surface area contributed by atoms with E-state index in [1.165, 1.54) is 12.1 Å². The fraction of sp³-hybridized carbons (Fsp3) is 0.167. The number of aryl methyl sites for hydroxylation is 1. The summed E-state index contributed by atoms with van der Waals surface area (Å²) >= 11 is 0. The van der Waals surface area contributed by atoms with Gasteiger partial charge < -0.3 is 9.47 Å². The standard InChI is InChI=1S/C24H19F3O2/c1-17-12-14-20(15-13-17)23(24(25,26)27)28-21(16-18-8-4-2-5-9-18)22(29-23)19-10-6-3-7-11-19/h2-16,22H,1H3/b21-16-. The summed E-state index contributed by atoms with van der Waals surface area (Å²) in [7, 11) is 0. The van der Waals surface area contributed by atoms with E-state index >= 15 is 0 Å². The van der Waals surface area contributed by atoms with Crippen molar-refractivity contribution in [2.24, 2.45) is 0 Å². The second-order valence-electron chi connectivity index (χ2n) is 6.95. The van der Waals surface area contributed by atoms with Gasteiger partial charge in [-0.1, -0.05) is 90.5 Å². The second kappa shape index (κ2) is 7.41. The first-order valence-electron chi connectivity index (χ1n) is 9.21. The number of halogens is 3. The van der Waals surface area contributed by atoms with Crippen LogP contribution in [-0.2, 0) is 15.3 Å². The maximum Gasteiger partial charge on any atom is 0.460 e. The quantitative estimate of drug-likeness (QED) is 0.500. The van der Waals surface area contributed by atoms with Crippen molar-refractivity contribution >= 4 is 6.08 Å². The zero-order valence-corrected chi connectivity index (χ0v) is 15.7. The molecule has 2 nitrogen and oxygen atoms in total. The predicted molar refractivity (Wildman–Crippen MR) is 105 cm³/mol. The minimum atomic E-state index is -4.78. The zero-order chi connectivity index (χ0) is 20.5. The summed E-state index contributed by atoms with van der Waals surface area (Å²) < 4.78 is 54.3. The maximum absolute atomic E-state index is 14.3. The highest BCUT2D eigenvalue weighted by Gasteiger charge is 2.65. The number of ether oxygens (including phenoxy) is 2. The van der Waals surface area contributed by atoms with Crippen LogP contribution in [0.15, 0.2) is 90.7 Å². The van der Waals surface area contributed by atoms with Gasteiger partial charge in [-0.2, -0.15) is 13.2 Å². The molecule has 2 unspecified atom stereocenters. The van der Waals surface area contributed by atoms with Crippen LogP contribution in [0, 0.1) is 6.92 Å². The van der Waals surface area contributed by atoms with Crippen molar-refractivity contribution < 1.29 is 22.6 Å². The summed E-state index contributed by atoms with van der Waals surface area (Å²) in [4.78, 5) is 0. The molecule has 1 aliphatic heterocycles. The first-order chi connectivity index (χ1) is 13.9. The Bertz CT molecular complexity index is 996. The average molecular weight is 396 g/mol. The summed E-state index contributed by atoms with van der Waals surface area (Å²) in [6.07, 6.45) is -4.17. The molecule has 0 aliphatic carbocycles. The van der Waals surface area contributed by atoms with Crippen molar-refractivity contribution in [1.29, 1.82) is 0 Å². The molecule has 0 aromatic heterocycles. The SMILES string of the molecule is Cc1ccc(C2(C(F)(F)F)O/C(=C\c3ccccc3)C(c3ccccc3)O2)cc1. The Morgan fingerprint density at radius 1 is 0.828 bits per heavy atom. The average Bonchev–Trinajstić information content (AvgIpc) is 3.10. The third kappa shape index (κ3) is 3.66. The Balaban J connectivity index is 1.86. The number of alkyl halides is 3. The highest BCUT2D eigenvalue weighted by Crippen LogP contribution is 2.54. The summed E-state index contributed by atoms with van der Waals surface area (Å²) in [5.74, 6) is -2.76. The first kappa shape index (κ1) is 19.3. The summed E-state index contributed by atoms with van der Waals surface area (Å²) in [5.41, 5.74) is 2.08. The van der Waals surface area contributed by atoms with Crippen molar-refractivity contribution in [2.75, 3.05) is 0 Å². The Hall–Kier alpha value is -3.05. The van der Waals surface area contributed by atoms with Crippen LogP contribution in [0.25, 0.3) is 6.08 Å². The fourth-order valence-corrected chi connectivity index (χ4v) is 3.33. The van der Waals surface area contributed by atoms with Crippen LogP contribution in [-0.4, -0.2) is 6.18 Å². The van der Waals surface area contributed by atoms with Crippen molar-refractivity contribution in [2.45, 2.75) is 25.0 Å².